The van der Waals surface area contributed by atoms with Crippen molar-refractivity contribution in [3.63, 3.8) is 0 Å². The number of fused-ring (bicyclic) bond motifs is 1. The first kappa shape index (κ1) is 24.7. The normalized spacial score (nSPS) is 11.0. The topological polar surface area (TPSA) is 142 Å². The number of nitrogens with zero attached hydrogens (tertiary/aromatic N) is 2. The van der Waals surface area contributed by atoms with Gasteiger partial charge in [-0.05, 0) is 29.8 Å². The Labute approximate surface area is 204 Å². The van der Waals surface area contributed by atoms with Gasteiger partial charge in [0, 0.05) is 10.8 Å². The number of hydrogen-bond donors (Lipinski definition) is 1. The van der Waals surface area contributed by atoms with Crippen molar-refractivity contribution in [2.75, 3.05) is 0 Å². The largest absolute Gasteiger partial charge is 1.00 e. The molecule has 3 aromatic rings. The van der Waals surface area contributed by atoms with Crippen molar-refractivity contribution < 1.29 is 87.1 Å². The minimum absolute atomic E-state index is 0. The van der Waals surface area contributed by atoms with Crippen LogP contribution in [0.2, 0.25) is 0 Å². The van der Waals surface area contributed by atoms with E-state index in [9.17, 15) is 28.0 Å². The van der Waals surface area contributed by atoms with E-state index >= 15 is 0 Å². The Morgan fingerprint density at radius 2 is 1.57 bits per heavy atom. The first-order chi connectivity index (χ1) is 12.3. The van der Waals surface area contributed by atoms with E-state index in [0.29, 0.717) is 11.1 Å². The van der Waals surface area contributed by atoms with Gasteiger partial charge in [0.15, 0.2) is 0 Å². The van der Waals surface area contributed by atoms with E-state index in [1.165, 1.54) is 24.3 Å². The molecule has 1 N–H and O–H groups in total. The van der Waals surface area contributed by atoms with Crippen LogP contribution >= 0.6 is 0 Å². The number of carboxylic acid groups (broad SMARTS) is 1. The molecule has 0 spiro atoms. The molecule has 0 aliphatic heterocycles. The van der Waals surface area contributed by atoms with Gasteiger partial charge >= 0.3 is 59.1 Å². The molecule has 0 aromatic heterocycles. The van der Waals surface area contributed by atoms with E-state index in [-0.39, 0.29) is 75.1 Å². The Kier molecular flexibility index (Phi) is 8.79. The van der Waals surface area contributed by atoms with Crippen molar-refractivity contribution in [3.8, 4) is 5.75 Å². The van der Waals surface area contributed by atoms with Crippen LogP contribution in [0.25, 0.3) is 10.8 Å². The third kappa shape index (κ3) is 5.40. The van der Waals surface area contributed by atoms with E-state index in [1.54, 1.807) is 18.2 Å². The molecule has 0 saturated heterocycles. The van der Waals surface area contributed by atoms with Crippen molar-refractivity contribution >= 4 is 38.2 Å². The molecule has 3 aromatic carbocycles. The number of azo groups is 1. The summed E-state index contributed by atoms with van der Waals surface area (Å²) in [5.74, 6) is -2.32. The van der Waals surface area contributed by atoms with Gasteiger partial charge in [-0.3, -0.25) is 4.55 Å². The predicted octanol–water partition coefficient (Wildman–Crippen LogP) is -4.05. The van der Waals surface area contributed by atoms with Gasteiger partial charge in [-0.15, -0.1) is 5.11 Å². The summed E-state index contributed by atoms with van der Waals surface area (Å²) in [4.78, 5) is 10.6. The number of aromatic carboxylic acids is 1. The van der Waals surface area contributed by atoms with Gasteiger partial charge in [0.05, 0.1) is 17.3 Å². The third-order valence-electron chi connectivity index (χ3n) is 3.59. The molecule has 0 heterocycles. The third-order valence-corrected chi connectivity index (χ3v) is 4.51. The Bertz CT molecular complexity index is 1170. The number of rotatable bonds is 4. The molecule has 0 unspecified atom stereocenters. The molecule has 0 saturated carbocycles. The number of carbonyl (C=O) groups excluding carboxylic acids is 1. The van der Waals surface area contributed by atoms with Crippen LogP contribution in [-0.2, 0) is 10.1 Å². The molecule has 0 bridgehead atoms. The van der Waals surface area contributed by atoms with Crippen molar-refractivity contribution in [1.29, 1.82) is 0 Å². The van der Waals surface area contributed by atoms with Crippen LogP contribution < -0.4 is 69.3 Å². The molecule has 0 aliphatic carbocycles. The first-order valence-electron chi connectivity index (χ1n) is 7.21. The average molecular weight is 416 g/mol. The zero-order valence-electron chi connectivity index (χ0n) is 15.0. The quantitative estimate of drug-likeness (QED) is 0.261. The summed E-state index contributed by atoms with van der Waals surface area (Å²) in [6.07, 6.45) is 0. The molecule has 3 rings (SSSR count). The zero-order chi connectivity index (χ0) is 18.9. The Morgan fingerprint density at radius 3 is 2.21 bits per heavy atom. The van der Waals surface area contributed by atoms with E-state index in [4.69, 9.17) is 0 Å². The minimum atomic E-state index is -4.41. The first-order valence-corrected chi connectivity index (χ1v) is 8.65. The van der Waals surface area contributed by atoms with Gasteiger partial charge in [-0.2, -0.15) is 13.5 Å². The number of benzene rings is 3. The Balaban J connectivity index is 0.00000196. The van der Waals surface area contributed by atoms with Crippen LogP contribution in [0.3, 0.4) is 0 Å². The van der Waals surface area contributed by atoms with Crippen LogP contribution in [0.5, 0.6) is 5.75 Å². The molecule has 11 heteroatoms. The summed E-state index contributed by atoms with van der Waals surface area (Å²) in [5, 5.41) is 30.9. The molecule has 28 heavy (non-hydrogen) atoms. The molecule has 8 nitrogen and oxygen atoms in total. The molecule has 0 radical (unpaired) electrons. The van der Waals surface area contributed by atoms with E-state index < -0.39 is 27.4 Å². The zero-order valence-corrected chi connectivity index (χ0v) is 19.8. The number of carbonyl (C=O) groups is 1. The molecule has 0 amide bonds. The summed E-state index contributed by atoms with van der Waals surface area (Å²) < 4.78 is 32.3. The maximum Gasteiger partial charge on any atom is 1.00 e. The summed E-state index contributed by atoms with van der Waals surface area (Å²) in [6, 6.07) is 12.3. The molecular weight excluding hydrogens is 406 g/mol. The molecule has 0 aliphatic rings. The summed E-state index contributed by atoms with van der Waals surface area (Å²) in [7, 11) is -4.41. The Hall–Kier alpha value is -1.30. The van der Waals surface area contributed by atoms with Crippen molar-refractivity contribution in [2.45, 2.75) is 4.90 Å². The fourth-order valence-corrected chi connectivity index (χ4v) is 3.13. The Morgan fingerprint density at radius 1 is 0.929 bits per heavy atom. The fourth-order valence-electron chi connectivity index (χ4n) is 2.43. The van der Waals surface area contributed by atoms with Gasteiger partial charge < -0.3 is 15.0 Å². The van der Waals surface area contributed by atoms with Crippen LogP contribution in [0.4, 0.5) is 11.4 Å². The van der Waals surface area contributed by atoms with Gasteiger partial charge in [-0.25, -0.2) is 0 Å². The molecule has 132 valence electrons. The van der Waals surface area contributed by atoms with Crippen LogP contribution in [-0.4, -0.2) is 18.9 Å². The fraction of sp³-hybridized carbons (Fsp3) is 0. The second-order valence-electron chi connectivity index (χ2n) is 5.27. The molecule has 0 atom stereocenters. The van der Waals surface area contributed by atoms with Gasteiger partial charge in [0.1, 0.15) is 4.90 Å². The van der Waals surface area contributed by atoms with Gasteiger partial charge in [0.2, 0.25) is 0 Å². The van der Waals surface area contributed by atoms with Gasteiger partial charge in [-0.1, -0.05) is 36.1 Å². The van der Waals surface area contributed by atoms with Crippen molar-refractivity contribution in [2.24, 2.45) is 10.2 Å². The predicted molar refractivity (Wildman–Crippen MR) is 88.2 cm³/mol. The smallest absolute Gasteiger partial charge is 0.872 e. The maximum absolute atomic E-state index is 11.5. The number of hydrogen-bond acceptors (Lipinski definition) is 7. The second-order valence-corrected chi connectivity index (χ2v) is 6.66. The minimum Gasteiger partial charge on any atom is -0.872 e. The maximum atomic E-state index is 11.5. The second kappa shape index (κ2) is 9.95. The van der Waals surface area contributed by atoms with Gasteiger partial charge in [0.25, 0.3) is 10.1 Å². The van der Waals surface area contributed by atoms with Crippen LogP contribution in [0.15, 0.2) is 69.7 Å². The monoisotopic (exact) mass is 416 g/mol. The summed E-state index contributed by atoms with van der Waals surface area (Å²) in [5.41, 5.74) is -0.117. The molecular formula is C17H10N2Na2O6S. The van der Waals surface area contributed by atoms with Crippen molar-refractivity contribution in [1.82, 2.24) is 0 Å². The van der Waals surface area contributed by atoms with E-state index in [2.05, 4.69) is 10.2 Å². The SMILES string of the molecule is O=C([O-])c1cc(N=Nc2cccc3c(S(=O)(=O)O)cccc23)ccc1[O-].[Na+].[Na+]. The number of carboxylic acids is 1. The van der Waals surface area contributed by atoms with Crippen LogP contribution in [0, 0.1) is 0 Å². The standard InChI is InChI=1S/C17H12N2O6S.2Na/c20-15-8-7-10(9-13(15)17(21)22)18-19-14-5-1-4-12-11(14)3-2-6-16(12)26(23,24)25;;/h1-9,20H,(H,21,22)(H,23,24,25);;/q;2*+1/p-2. The van der Waals surface area contributed by atoms with Crippen molar-refractivity contribution in [3.05, 3.63) is 60.2 Å². The summed E-state index contributed by atoms with van der Waals surface area (Å²) >= 11 is 0. The van der Waals surface area contributed by atoms with Crippen LogP contribution in [0.1, 0.15) is 10.4 Å². The summed E-state index contributed by atoms with van der Waals surface area (Å²) in [6.45, 7) is 0. The molecule has 0 fully saturated rings. The van der Waals surface area contributed by atoms with E-state index in [0.717, 1.165) is 12.1 Å². The average Bonchev–Trinajstić information content (AvgIpc) is 2.59. The van der Waals surface area contributed by atoms with E-state index in [1.807, 2.05) is 0 Å².